The van der Waals surface area contributed by atoms with E-state index >= 15 is 0 Å². The highest BCUT2D eigenvalue weighted by Gasteiger charge is 2.42. The molecule has 7 N–H and O–H groups in total. The number of hydrogen-bond acceptors (Lipinski definition) is 12. The number of carbonyl (C=O) groups excluding carboxylic acids is 5. The topological polar surface area (TPSA) is 268 Å². The average Bonchev–Trinajstić information content (AvgIpc) is 4.19. The highest BCUT2D eigenvalue weighted by molar-refractivity contribution is 8.00. The summed E-state index contributed by atoms with van der Waals surface area (Å²) < 4.78 is 7.55. The van der Waals surface area contributed by atoms with E-state index in [0.717, 1.165) is 63.5 Å². The summed E-state index contributed by atoms with van der Waals surface area (Å²) in [6.07, 6.45) is 16.2. The number of ketones is 1. The van der Waals surface area contributed by atoms with E-state index in [1.807, 2.05) is 37.9 Å². The van der Waals surface area contributed by atoms with Crippen LogP contribution in [0.4, 0.5) is 4.79 Å². The van der Waals surface area contributed by atoms with E-state index in [1.165, 1.54) is 18.5 Å². The summed E-state index contributed by atoms with van der Waals surface area (Å²) in [7, 11) is 0. The zero-order valence-electron chi connectivity index (χ0n) is 41.6. The van der Waals surface area contributed by atoms with Crippen molar-refractivity contribution >= 4 is 53.4 Å². The number of benzene rings is 2. The van der Waals surface area contributed by atoms with Crippen molar-refractivity contribution in [1.29, 1.82) is 0 Å². The number of oxazole rings is 1. The van der Waals surface area contributed by atoms with Crippen LogP contribution in [0.15, 0.2) is 81.2 Å². The van der Waals surface area contributed by atoms with E-state index in [0.29, 0.717) is 97.4 Å². The Labute approximate surface area is 427 Å². The Hall–Kier alpha value is -7.09. The summed E-state index contributed by atoms with van der Waals surface area (Å²) >= 11 is 1.89. The van der Waals surface area contributed by atoms with Crippen LogP contribution < -0.4 is 48.4 Å². The number of nitrogens with zero attached hydrogens (tertiary/aromatic N) is 4. The highest BCUT2D eigenvalue weighted by Crippen LogP contribution is 2.33. The van der Waals surface area contributed by atoms with Crippen LogP contribution in [0.5, 0.6) is 0 Å². The Morgan fingerprint density at radius 3 is 2.07 bits per heavy atom. The maximum atomic E-state index is 13.2. The van der Waals surface area contributed by atoms with Crippen LogP contribution >= 0.6 is 11.8 Å². The molecule has 2 fully saturated rings. The standard InChI is InChI=1S/C53H67N11O8S/c1-53(2,49-39(57-34-72-49)30-41-51(70)58-40(50(69)59-41)29-35-16-14-19-37(28-35)48(68)36-17-6-3-7-18-36)31-38-32-64(63-62-38)27-15-26-56-45(66)22-9-5-12-24-54-44(65)21-8-4-13-25-55-46(67)23-11-10-20-43-47-42(33-73-43)60-52(71)61-47/h3,6-7,14,16-19,28-30,32,34,42-43,47H,4-5,8-13,15,20-27,31,33H2,1-2H3,(H,54,65)(H,55,67)(H,56,66)(H,58,70)(H,59,69)(H2,60,61,71)/b40-29-,41-30-/t42-,43-,47-/m1/s1. The monoisotopic (exact) mass is 1020 g/mol. The number of fused-ring (bicyclic) bond motifs is 1. The molecule has 19 nitrogen and oxygen atoms in total. The lowest BCUT2D eigenvalue weighted by Gasteiger charge is -2.21. The molecule has 2 aliphatic rings. The Morgan fingerprint density at radius 1 is 0.753 bits per heavy atom. The van der Waals surface area contributed by atoms with Crippen molar-refractivity contribution in [2.24, 2.45) is 0 Å². The molecule has 3 aromatic heterocycles. The summed E-state index contributed by atoms with van der Waals surface area (Å²) in [5.74, 6) is 1.35. The van der Waals surface area contributed by atoms with Crippen LogP contribution in [0, 0.1) is 0 Å². The second-order valence-corrected chi connectivity index (χ2v) is 20.6. The summed E-state index contributed by atoms with van der Waals surface area (Å²) in [6, 6.07) is 16.1. The van der Waals surface area contributed by atoms with Crippen molar-refractivity contribution in [1.82, 2.24) is 56.5 Å². The number of hydrogen-bond donors (Lipinski definition) is 7. The largest absolute Gasteiger partial charge is 0.447 e. The van der Waals surface area contributed by atoms with E-state index in [4.69, 9.17) is 4.42 Å². The number of aryl methyl sites for hydroxylation is 1. The molecule has 20 heteroatoms. The number of unbranched alkanes of at least 4 members (excludes halogenated alkanes) is 5. The number of carbonyl (C=O) groups is 5. The van der Waals surface area contributed by atoms with Gasteiger partial charge in [-0.05, 0) is 68.7 Å². The predicted molar refractivity (Wildman–Crippen MR) is 278 cm³/mol. The lowest BCUT2D eigenvalue weighted by molar-refractivity contribution is -0.122. The number of nitrogens with one attached hydrogen (secondary N) is 7. The first-order chi connectivity index (χ1) is 35.3. The number of thioether (sulfide) groups is 1. The molecule has 0 radical (unpaired) electrons. The summed E-state index contributed by atoms with van der Waals surface area (Å²) in [5.41, 5.74) is 0.947. The molecule has 0 bridgehead atoms. The molecule has 5 amide bonds. The number of urea groups is 1. The maximum Gasteiger partial charge on any atom is 0.315 e. The second-order valence-electron chi connectivity index (χ2n) is 19.3. The average molecular weight is 1020 g/mol. The SMILES string of the molecule is CC(C)(Cc1cn(CCCNC(=O)CCCCCNC(=O)CCCCCNC(=O)CCCC[C@H]2SC[C@H]3NC(=O)N[C@H]32)nn1)c1ocnc1/C=c1\[nH]c(=O)/c(=C/c2cccc(C(=O)c3ccccc3)c2)[nH]c1=O. The molecule has 388 valence electrons. The van der Waals surface area contributed by atoms with Gasteiger partial charge in [0.25, 0.3) is 11.1 Å². The molecular formula is C53H67N11O8S. The van der Waals surface area contributed by atoms with Gasteiger partial charge in [-0.2, -0.15) is 11.8 Å². The Kier molecular flexibility index (Phi) is 19.5. The van der Waals surface area contributed by atoms with Gasteiger partial charge in [0.2, 0.25) is 17.7 Å². The Bertz CT molecular complexity index is 2930. The van der Waals surface area contributed by atoms with Crippen molar-refractivity contribution in [3.8, 4) is 0 Å². The first-order valence-electron chi connectivity index (χ1n) is 25.4. The third-order valence-corrected chi connectivity index (χ3v) is 14.5. The summed E-state index contributed by atoms with van der Waals surface area (Å²) in [5, 5.41) is 23.9. The van der Waals surface area contributed by atoms with Gasteiger partial charge in [0.05, 0.1) is 17.8 Å². The van der Waals surface area contributed by atoms with Gasteiger partial charge in [0.15, 0.2) is 12.2 Å². The molecule has 0 spiro atoms. The second kappa shape index (κ2) is 26.6. The lowest BCUT2D eigenvalue weighted by Crippen LogP contribution is -2.46. The van der Waals surface area contributed by atoms with Crippen molar-refractivity contribution in [3.63, 3.8) is 0 Å². The van der Waals surface area contributed by atoms with Gasteiger partial charge in [0.1, 0.15) is 22.2 Å². The van der Waals surface area contributed by atoms with Crippen molar-refractivity contribution in [3.05, 3.63) is 132 Å². The number of aromatic amines is 2. The molecule has 3 atom stereocenters. The summed E-state index contributed by atoms with van der Waals surface area (Å²) in [6.45, 7) is 6.15. The van der Waals surface area contributed by atoms with Gasteiger partial charge in [-0.25, -0.2) is 9.78 Å². The van der Waals surface area contributed by atoms with E-state index in [-0.39, 0.29) is 52.3 Å². The Balaban J connectivity index is 0.727. The van der Waals surface area contributed by atoms with Crippen LogP contribution in [-0.2, 0) is 32.8 Å². The molecule has 0 saturated carbocycles. The van der Waals surface area contributed by atoms with E-state index < -0.39 is 16.5 Å². The quantitative estimate of drug-likeness (QED) is 0.0215. The normalized spacial score (nSPS) is 16.7. The van der Waals surface area contributed by atoms with Crippen molar-refractivity contribution in [2.75, 3.05) is 25.4 Å². The van der Waals surface area contributed by atoms with Crippen LogP contribution in [0.2, 0.25) is 0 Å². The fourth-order valence-electron chi connectivity index (χ4n) is 9.09. The Morgan fingerprint density at radius 2 is 1.38 bits per heavy atom. The molecule has 73 heavy (non-hydrogen) atoms. The summed E-state index contributed by atoms with van der Waals surface area (Å²) in [4.78, 5) is 97.5. The third kappa shape index (κ3) is 16.2. The molecule has 2 saturated heterocycles. The number of aromatic nitrogens is 6. The van der Waals surface area contributed by atoms with Gasteiger partial charge in [0, 0.05) is 85.6 Å². The van der Waals surface area contributed by atoms with Gasteiger partial charge in [-0.1, -0.05) is 86.9 Å². The van der Waals surface area contributed by atoms with Crippen LogP contribution in [0.25, 0.3) is 12.2 Å². The molecule has 5 aromatic rings. The fourth-order valence-corrected chi connectivity index (χ4v) is 10.6. The van der Waals surface area contributed by atoms with Crippen molar-refractivity contribution in [2.45, 2.75) is 133 Å². The number of rotatable bonds is 28. The van der Waals surface area contributed by atoms with E-state index in [2.05, 4.69) is 51.8 Å². The molecular weight excluding hydrogens is 951 g/mol. The zero-order valence-corrected chi connectivity index (χ0v) is 42.5. The van der Waals surface area contributed by atoms with E-state index in [9.17, 15) is 33.6 Å². The smallest absolute Gasteiger partial charge is 0.315 e. The molecule has 5 heterocycles. The molecule has 0 aliphatic carbocycles. The maximum absolute atomic E-state index is 13.2. The van der Waals surface area contributed by atoms with Crippen LogP contribution in [0.1, 0.15) is 136 Å². The molecule has 2 aromatic carbocycles. The first kappa shape index (κ1) is 53.7. The van der Waals surface area contributed by atoms with Gasteiger partial charge in [-0.15, -0.1) is 5.10 Å². The minimum absolute atomic E-state index is 0.00332. The fraction of sp³-hybridized carbons (Fsp3) is 0.472. The minimum Gasteiger partial charge on any atom is -0.447 e. The molecule has 2 aliphatic heterocycles. The molecule has 0 unspecified atom stereocenters. The third-order valence-electron chi connectivity index (χ3n) is 13.0. The first-order valence-corrected chi connectivity index (χ1v) is 26.4. The lowest BCUT2D eigenvalue weighted by atomic mass is 9.84. The number of amides is 5. The van der Waals surface area contributed by atoms with Gasteiger partial charge >= 0.3 is 6.03 Å². The van der Waals surface area contributed by atoms with Crippen LogP contribution in [-0.4, -0.2) is 102 Å². The van der Waals surface area contributed by atoms with Crippen molar-refractivity contribution < 1.29 is 28.4 Å². The van der Waals surface area contributed by atoms with Gasteiger partial charge < -0.3 is 41.0 Å². The minimum atomic E-state index is -0.633. The number of H-pyrrole nitrogens is 2. The molecule has 7 rings (SSSR count). The van der Waals surface area contributed by atoms with E-state index in [1.54, 1.807) is 53.2 Å². The zero-order chi connectivity index (χ0) is 51.6. The highest BCUT2D eigenvalue weighted by atomic mass is 32.2. The van der Waals surface area contributed by atoms with Crippen LogP contribution in [0.3, 0.4) is 0 Å². The predicted octanol–water partition coefficient (Wildman–Crippen LogP) is 3.64. The van der Waals surface area contributed by atoms with Gasteiger partial charge in [-0.3, -0.25) is 33.4 Å².